The predicted molar refractivity (Wildman–Crippen MR) is 142 cm³/mol. The largest absolute Gasteiger partial charge is 0.352 e. The van der Waals surface area contributed by atoms with E-state index >= 15 is 0 Å². The first kappa shape index (κ1) is 25.6. The molecule has 0 radical (unpaired) electrons. The molecule has 2 aromatic carbocycles. The SMILES string of the molecule is O=C(CCn1ccnc1)Nc1cccc(C(=O)NCCCCN2CCN(Cc3ccccc3)CC2)c1. The van der Waals surface area contributed by atoms with E-state index in [9.17, 15) is 9.59 Å². The second kappa shape index (κ2) is 13.6. The Morgan fingerprint density at radius 2 is 1.69 bits per heavy atom. The number of imidazole rings is 1. The van der Waals surface area contributed by atoms with Crippen LogP contribution in [0, 0.1) is 0 Å². The Hall–Kier alpha value is -3.49. The average Bonchev–Trinajstić information content (AvgIpc) is 3.43. The number of benzene rings is 2. The number of hydrogen-bond acceptors (Lipinski definition) is 5. The fraction of sp³-hybridized carbons (Fsp3) is 0.393. The number of carbonyl (C=O) groups excluding carboxylic acids is 2. The standard InChI is InChI=1S/C28H36N6O2/c35-27(11-15-34-16-13-29-23-34)31-26-10-6-9-25(21-26)28(36)30-12-4-5-14-32-17-19-33(20-18-32)22-24-7-2-1-3-8-24/h1-3,6-10,13,16,21,23H,4-5,11-12,14-15,17-20,22H2,(H,30,36)(H,31,35). The molecule has 8 heteroatoms. The molecule has 3 aromatic rings. The molecule has 1 aliphatic rings. The predicted octanol–water partition coefficient (Wildman–Crippen LogP) is 3.24. The molecular formula is C28H36N6O2. The van der Waals surface area contributed by atoms with Crippen molar-refractivity contribution in [3.63, 3.8) is 0 Å². The van der Waals surface area contributed by atoms with Gasteiger partial charge >= 0.3 is 0 Å². The highest BCUT2D eigenvalue weighted by Gasteiger charge is 2.16. The Balaban J connectivity index is 1.09. The third-order valence-electron chi connectivity index (χ3n) is 6.47. The van der Waals surface area contributed by atoms with E-state index in [-0.39, 0.29) is 11.8 Å². The topological polar surface area (TPSA) is 82.5 Å². The van der Waals surface area contributed by atoms with Gasteiger partial charge in [-0.1, -0.05) is 36.4 Å². The molecule has 2 heterocycles. The van der Waals surface area contributed by atoms with E-state index in [4.69, 9.17) is 0 Å². The maximum Gasteiger partial charge on any atom is 0.251 e. The van der Waals surface area contributed by atoms with Crippen LogP contribution in [0.25, 0.3) is 0 Å². The van der Waals surface area contributed by atoms with Crippen LogP contribution in [-0.2, 0) is 17.9 Å². The second-order valence-electron chi connectivity index (χ2n) is 9.25. The van der Waals surface area contributed by atoms with Gasteiger partial charge in [-0.05, 0) is 43.1 Å². The maximum atomic E-state index is 12.6. The van der Waals surface area contributed by atoms with Crippen LogP contribution in [0.5, 0.6) is 0 Å². The molecular weight excluding hydrogens is 452 g/mol. The number of anilines is 1. The quantitative estimate of drug-likeness (QED) is 0.383. The van der Waals surface area contributed by atoms with Crippen molar-refractivity contribution in [3.05, 3.63) is 84.4 Å². The van der Waals surface area contributed by atoms with Crippen LogP contribution in [0.4, 0.5) is 5.69 Å². The molecule has 36 heavy (non-hydrogen) atoms. The van der Waals surface area contributed by atoms with Gasteiger partial charge in [0.2, 0.25) is 5.91 Å². The lowest BCUT2D eigenvalue weighted by atomic mass is 10.1. The summed E-state index contributed by atoms with van der Waals surface area (Å²) in [4.78, 5) is 33.8. The summed E-state index contributed by atoms with van der Waals surface area (Å²) in [6.45, 7) is 7.70. The average molecular weight is 489 g/mol. The van der Waals surface area contributed by atoms with Gasteiger partial charge in [0.1, 0.15) is 0 Å². The van der Waals surface area contributed by atoms with Gasteiger partial charge < -0.3 is 20.1 Å². The third kappa shape index (κ3) is 8.32. The molecule has 190 valence electrons. The van der Waals surface area contributed by atoms with Crippen molar-refractivity contribution in [2.45, 2.75) is 32.4 Å². The molecule has 0 spiro atoms. The fourth-order valence-electron chi connectivity index (χ4n) is 4.39. The number of amides is 2. The van der Waals surface area contributed by atoms with E-state index in [1.807, 2.05) is 10.8 Å². The first-order valence-electron chi connectivity index (χ1n) is 12.8. The molecule has 8 nitrogen and oxygen atoms in total. The van der Waals surface area contributed by atoms with E-state index in [0.29, 0.717) is 30.8 Å². The van der Waals surface area contributed by atoms with Gasteiger partial charge in [0.05, 0.1) is 6.33 Å². The van der Waals surface area contributed by atoms with E-state index in [0.717, 1.165) is 52.1 Å². The normalized spacial score (nSPS) is 14.4. The molecule has 1 aliphatic heterocycles. The van der Waals surface area contributed by atoms with Crippen LogP contribution in [-0.4, -0.2) is 70.4 Å². The zero-order valence-corrected chi connectivity index (χ0v) is 20.8. The number of unbranched alkanes of at least 4 members (excludes halogenated alkanes) is 1. The molecule has 0 aliphatic carbocycles. The van der Waals surface area contributed by atoms with Gasteiger partial charge in [0, 0.05) is 75.9 Å². The minimum atomic E-state index is -0.112. The summed E-state index contributed by atoms with van der Waals surface area (Å²) in [6, 6.07) is 17.7. The molecule has 1 fully saturated rings. The second-order valence-corrected chi connectivity index (χ2v) is 9.25. The van der Waals surface area contributed by atoms with Crippen LogP contribution in [0.15, 0.2) is 73.3 Å². The van der Waals surface area contributed by atoms with Crippen molar-refractivity contribution in [3.8, 4) is 0 Å². The third-order valence-corrected chi connectivity index (χ3v) is 6.47. The maximum absolute atomic E-state index is 12.6. The highest BCUT2D eigenvalue weighted by molar-refractivity contribution is 5.97. The minimum Gasteiger partial charge on any atom is -0.352 e. The number of piperazine rings is 1. The molecule has 1 aromatic heterocycles. The number of carbonyl (C=O) groups is 2. The van der Waals surface area contributed by atoms with Gasteiger partial charge in [0.15, 0.2) is 0 Å². The number of hydrogen-bond donors (Lipinski definition) is 2. The van der Waals surface area contributed by atoms with Gasteiger partial charge in [0.25, 0.3) is 5.91 Å². The highest BCUT2D eigenvalue weighted by atomic mass is 16.2. The molecule has 0 atom stereocenters. The smallest absolute Gasteiger partial charge is 0.251 e. The Morgan fingerprint density at radius 3 is 2.47 bits per heavy atom. The Labute approximate surface area is 213 Å². The summed E-state index contributed by atoms with van der Waals surface area (Å²) < 4.78 is 1.86. The summed E-state index contributed by atoms with van der Waals surface area (Å²) in [5.41, 5.74) is 2.56. The lowest BCUT2D eigenvalue weighted by Crippen LogP contribution is -2.46. The molecule has 0 bridgehead atoms. The fourth-order valence-corrected chi connectivity index (χ4v) is 4.39. The van der Waals surface area contributed by atoms with Crippen molar-refractivity contribution in [2.75, 3.05) is 44.6 Å². The van der Waals surface area contributed by atoms with Gasteiger partial charge in [-0.15, -0.1) is 0 Å². The zero-order chi connectivity index (χ0) is 25.0. The number of aromatic nitrogens is 2. The van der Waals surface area contributed by atoms with E-state index < -0.39 is 0 Å². The van der Waals surface area contributed by atoms with Gasteiger partial charge in [-0.3, -0.25) is 14.5 Å². The summed E-state index contributed by atoms with van der Waals surface area (Å²) in [5.74, 6) is -0.207. The zero-order valence-electron chi connectivity index (χ0n) is 20.8. The van der Waals surface area contributed by atoms with Crippen molar-refractivity contribution in [1.29, 1.82) is 0 Å². The first-order chi connectivity index (χ1) is 17.7. The highest BCUT2D eigenvalue weighted by Crippen LogP contribution is 2.12. The van der Waals surface area contributed by atoms with Crippen LogP contribution in [0.3, 0.4) is 0 Å². The number of nitrogens with one attached hydrogen (secondary N) is 2. The lowest BCUT2D eigenvalue weighted by Gasteiger charge is -2.34. The molecule has 0 saturated carbocycles. The van der Waals surface area contributed by atoms with Crippen LogP contribution in [0.2, 0.25) is 0 Å². The van der Waals surface area contributed by atoms with Gasteiger partial charge in [-0.2, -0.15) is 0 Å². The number of nitrogens with zero attached hydrogens (tertiary/aromatic N) is 4. The van der Waals surface area contributed by atoms with E-state index in [1.54, 1.807) is 36.8 Å². The Bertz CT molecular complexity index is 1080. The number of aryl methyl sites for hydroxylation is 1. The minimum absolute atomic E-state index is 0.0952. The molecule has 1 saturated heterocycles. The lowest BCUT2D eigenvalue weighted by molar-refractivity contribution is -0.116. The number of rotatable bonds is 12. The van der Waals surface area contributed by atoms with Crippen LogP contribution < -0.4 is 10.6 Å². The molecule has 2 N–H and O–H groups in total. The summed E-state index contributed by atoms with van der Waals surface area (Å²) in [7, 11) is 0. The van der Waals surface area contributed by atoms with Crippen LogP contribution >= 0.6 is 0 Å². The summed E-state index contributed by atoms with van der Waals surface area (Å²) in [5, 5.41) is 5.87. The molecule has 0 unspecified atom stereocenters. The molecule has 4 rings (SSSR count). The van der Waals surface area contributed by atoms with E-state index in [1.165, 1.54) is 5.56 Å². The van der Waals surface area contributed by atoms with Crippen molar-refractivity contribution >= 4 is 17.5 Å². The summed E-state index contributed by atoms with van der Waals surface area (Å²) in [6.07, 6.45) is 7.55. The van der Waals surface area contributed by atoms with Crippen LogP contribution in [0.1, 0.15) is 35.2 Å². The Kier molecular flexibility index (Phi) is 9.64. The van der Waals surface area contributed by atoms with Crippen molar-refractivity contribution in [1.82, 2.24) is 24.7 Å². The van der Waals surface area contributed by atoms with E-state index in [2.05, 4.69) is 55.7 Å². The summed E-state index contributed by atoms with van der Waals surface area (Å²) >= 11 is 0. The first-order valence-corrected chi connectivity index (χ1v) is 12.8. The molecule has 2 amide bonds. The van der Waals surface area contributed by atoms with Crippen molar-refractivity contribution in [2.24, 2.45) is 0 Å². The van der Waals surface area contributed by atoms with Crippen molar-refractivity contribution < 1.29 is 9.59 Å². The Morgan fingerprint density at radius 1 is 0.889 bits per heavy atom. The van der Waals surface area contributed by atoms with Gasteiger partial charge in [-0.25, -0.2) is 4.98 Å². The monoisotopic (exact) mass is 488 g/mol.